The molecule has 5 heteroatoms. The van der Waals surface area contributed by atoms with Crippen LogP contribution < -0.4 is 5.32 Å². The van der Waals surface area contributed by atoms with Crippen LogP contribution in [0, 0.1) is 0 Å². The minimum atomic E-state index is -0.477. The zero-order valence-corrected chi connectivity index (χ0v) is 14.8. The lowest BCUT2D eigenvalue weighted by molar-refractivity contribution is -0.135. The van der Waals surface area contributed by atoms with Gasteiger partial charge in [-0.25, -0.2) is 0 Å². The Morgan fingerprint density at radius 2 is 2.12 bits per heavy atom. The number of ether oxygens (including phenoxy) is 3. The highest BCUT2D eigenvalue weighted by Crippen LogP contribution is 2.14. The molecule has 5 nitrogen and oxygen atoms in total. The van der Waals surface area contributed by atoms with Gasteiger partial charge in [-0.3, -0.25) is 4.79 Å². The molecule has 1 saturated heterocycles. The third kappa shape index (κ3) is 6.23. The molecule has 0 unspecified atom stereocenters. The van der Waals surface area contributed by atoms with Gasteiger partial charge in [0, 0.05) is 19.8 Å². The molecule has 0 radical (unpaired) electrons. The van der Waals surface area contributed by atoms with E-state index in [9.17, 15) is 4.79 Å². The summed E-state index contributed by atoms with van der Waals surface area (Å²) in [5.41, 5.74) is 2.17. The molecule has 2 atom stereocenters. The number of hydrogen-bond acceptors (Lipinski definition) is 4. The zero-order chi connectivity index (χ0) is 17.2. The topological polar surface area (TPSA) is 56.8 Å². The first-order valence-electron chi connectivity index (χ1n) is 8.86. The van der Waals surface area contributed by atoms with E-state index in [4.69, 9.17) is 14.2 Å². The molecule has 0 aliphatic carbocycles. The summed E-state index contributed by atoms with van der Waals surface area (Å²) in [4.78, 5) is 12.2. The highest BCUT2D eigenvalue weighted by Gasteiger charge is 2.18. The summed E-state index contributed by atoms with van der Waals surface area (Å²) in [6.45, 7) is 6.75. The molecular weight excluding hydrogens is 306 g/mol. The van der Waals surface area contributed by atoms with Crippen molar-refractivity contribution in [3.05, 3.63) is 35.4 Å². The monoisotopic (exact) mass is 335 g/mol. The van der Waals surface area contributed by atoms with Gasteiger partial charge >= 0.3 is 0 Å². The van der Waals surface area contributed by atoms with Gasteiger partial charge in [-0.15, -0.1) is 0 Å². The SMILES string of the molecule is CCOCc1ccccc1CNC(=O)[C@@H](C)OC[C@@H]1CCCCO1. The van der Waals surface area contributed by atoms with Gasteiger partial charge < -0.3 is 19.5 Å². The van der Waals surface area contributed by atoms with Crippen molar-refractivity contribution in [1.29, 1.82) is 0 Å². The first kappa shape index (κ1) is 18.9. The van der Waals surface area contributed by atoms with Crippen molar-refractivity contribution in [3.8, 4) is 0 Å². The molecule has 1 aromatic carbocycles. The van der Waals surface area contributed by atoms with Gasteiger partial charge in [0.15, 0.2) is 0 Å². The molecule has 134 valence electrons. The van der Waals surface area contributed by atoms with E-state index in [1.807, 2.05) is 31.2 Å². The summed E-state index contributed by atoms with van der Waals surface area (Å²) < 4.78 is 16.8. The van der Waals surface area contributed by atoms with Gasteiger partial charge in [-0.2, -0.15) is 0 Å². The summed E-state index contributed by atoms with van der Waals surface area (Å²) in [5, 5.41) is 2.94. The van der Waals surface area contributed by atoms with E-state index in [0.29, 0.717) is 26.4 Å². The highest BCUT2D eigenvalue weighted by molar-refractivity contribution is 5.80. The fourth-order valence-corrected chi connectivity index (χ4v) is 2.68. The highest BCUT2D eigenvalue weighted by atomic mass is 16.5. The lowest BCUT2D eigenvalue weighted by atomic mass is 10.1. The van der Waals surface area contributed by atoms with Crippen LogP contribution in [0.25, 0.3) is 0 Å². The van der Waals surface area contributed by atoms with E-state index in [0.717, 1.165) is 30.6 Å². The summed E-state index contributed by atoms with van der Waals surface area (Å²) in [7, 11) is 0. The van der Waals surface area contributed by atoms with Gasteiger partial charge in [-0.05, 0) is 44.2 Å². The number of carbonyl (C=O) groups is 1. The van der Waals surface area contributed by atoms with Crippen LogP contribution in [-0.4, -0.2) is 37.9 Å². The van der Waals surface area contributed by atoms with Crippen LogP contribution >= 0.6 is 0 Å². The van der Waals surface area contributed by atoms with Crippen molar-refractivity contribution in [3.63, 3.8) is 0 Å². The largest absolute Gasteiger partial charge is 0.377 e. The third-order valence-electron chi connectivity index (χ3n) is 4.21. The van der Waals surface area contributed by atoms with Crippen LogP contribution in [0.2, 0.25) is 0 Å². The minimum Gasteiger partial charge on any atom is -0.377 e. The molecule has 1 aliphatic heterocycles. The predicted molar refractivity (Wildman–Crippen MR) is 92.6 cm³/mol. The number of amides is 1. The fraction of sp³-hybridized carbons (Fsp3) is 0.632. The Morgan fingerprint density at radius 1 is 1.33 bits per heavy atom. The number of carbonyl (C=O) groups excluding carboxylic acids is 1. The molecule has 1 N–H and O–H groups in total. The van der Waals surface area contributed by atoms with Crippen LogP contribution in [0.1, 0.15) is 44.2 Å². The predicted octanol–water partition coefficient (Wildman–Crippen LogP) is 2.81. The van der Waals surface area contributed by atoms with Crippen LogP contribution in [0.5, 0.6) is 0 Å². The Bertz CT molecular complexity index is 500. The average Bonchev–Trinajstić information content (AvgIpc) is 2.63. The Kier molecular flexibility index (Phi) is 8.22. The summed E-state index contributed by atoms with van der Waals surface area (Å²) in [6.07, 6.45) is 2.95. The molecule has 0 saturated carbocycles. The molecule has 1 aliphatic rings. The molecule has 0 spiro atoms. The Morgan fingerprint density at radius 3 is 2.83 bits per heavy atom. The molecule has 1 fully saturated rings. The standard InChI is InChI=1S/C19H29NO4/c1-3-22-13-17-9-5-4-8-16(17)12-20-19(21)15(2)24-14-18-10-6-7-11-23-18/h4-5,8-9,15,18H,3,6-7,10-14H2,1-2H3,(H,20,21)/t15-,18+/m1/s1. The Labute approximate surface area is 144 Å². The molecule has 1 heterocycles. The van der Waals surface area contributed by atoms with Gasteiger partial charge in [0.2, 0.25) is 5.91 Å². The lowest BCUT2D eigenvalue weighted by Gasteiger charge is -2.24. The normalized spacial score (nSPS) is 19.0. The average molecular weight is 335 g/mol. The summed E-state index contributed by atoms with van der Waals surface area (Å²) >= 11 is 0. The van der Waals surface area contributed by atoms with Crippen molar-refractivity contribution in [1.82, 2.24) is 5.32 Å². The van der Waals surface area contributed by atoms with Crippen molar-refractivity contribution >= 4 is 5.91 Å². The smallest absolute Gasteiger partial charge is 0.249 e. The van der Waals surface area contributed by atoms with Crippen molar-refractivity contribution < 1.29 is 19.0 Å². The van der Waals surface area contributed by atoms with E-state index >= 15 is 0 Å². The van der Waals surface area contributed by atoms with E-state index in [1.165, 1.54) is 6.42 Å². The van der Waals surface area contributed by atoms with Crippen LogP contribution in [-0.2, 0) is 32.2 Å². The molecule has 1 amide bonds. The van der Waals surface area contributed by atoms with E-state index < -0.39 is 6.10 Å². The molecule has 1 aromatic rings. The van der Waals surface area contributed by atoms with E-state index in [1.54, 1.807) is 6.92 Å². The molecule has 24 heavy (non-hydrogen) atoms. The van der Waals surface area contributed by atoms with E-state index in [2.05, 4.69) is 5.32 Å². The van der Waals surface area contributed by atoms with Crippen molar-refractivity contribution in [2.45, 2.75) is 58.5 Å². The first-order valence-corrected chi connectivity index (χ1v) is 8.86. The zero-order valence-electron chi connectivity index (χ0n) is 14.8. The number of hydrogen-bond donors (Lipinski definition) is 1. The summed E-state index contributed by atoms with van der Waals surface area (Å²) in [6, 6.07) is 7.99. The van der Waals surface area contributed by atoms with Crippen molar-refractivity contribution in [2.75, 3.05) is 19.8 Å². The quantitative estimate of drug-likeness (QED) is 0.754. The number of nitrogens with one attached hydrogen (secondary N) is 1. The Balaban J connectivity index is 1.75. The van der Waals surface area contributed by atoms with E-state index in [-0.39, 0.29) is 12.0 Å². The third-order valence-corrected chi connectivity index (χ3v) is 4.21. The molecule has 0 bridgehead atoms. The van der Waals surface area contributed by atoms with Gasteiger partial charge in [0.25, 0.3) is 0 Å². The lowest BCUT2D eigenvalue weighted by Crippen LogP contribution is -2.36. The first-order chi connectivity index (χ1) is 11.7. The maximum absolute atomic E-state index is 12.2. The fourth-order valence-electron chi connectivity index (χ4n) is 2.68. The second-order valence-corrected chi connectivity index (χ2v) is 6.09. The molecule has 2 rings (SSSR count). The van der Waals surface area contributed by atoms with Gasteiger partial charge in [0.05, 0.1) is 19.3 Å². The molecule has 0 aromatic heterocycles. The van der Waals surface area contributed by atoms with Gasteiger partial charge in [-0.1, -0.05) is 24.3 Å². The Hall–Kier alpha value is -1.43. The number of benzene rings is 1. The molecular formula is C19H29NO4. The number of rotatable bonds is 9. The second kappa shape index (κ2) is 10.4. The van der Waals surface area contributed by atoms with Gasteiger partial charge in [0.1, 0.15) is 6.10 Å². The van der Waals surface area contributed by atoms with Crippen LogP contribution in [0.3, 0.4) is 0 Å². The minimum absolute atomic E-state index is 0.1000. The summed E-state index contributed by atoms with van der Waals surface area (Å²) in [5.74, 6) is -0.1000. The van der Waals surface area contributed by atoms with Crippen molar-refractivity contribution in [2.24, 2.45) is 0 Å². The maximum Gasteiger partial charge on any atom is 0.249 e. The van der Waals surface area contributed by atoms with Crippen LogP contribution in [0.4, 0.5) is 0 Å². The maximum atomic E-state index is 12.2. The van der Waals surface area contributed by atoms with Crippen LogP contribution in [0.15, 0.2) is 24.3 Å². The second-order valence-electron chi connectivity index (χ2n) is 6.09.